The smallest absolute Gasteiger partial charge is 0.226 e. The van der Waals surface area contributed by atoms with E-state index in [0.29, 0.717) is 11.8 Å². The van der Waals surface area contributed by atoms with E-state index >= 15 is 0 Å². The molecule has 0 bridgehead atoms. The summed E-state index contributed by atoms with van der Waals surface area (Å²) in [7, 11) is 0. The molecule has 3 nitrogen and oxygen atoms in total. The molecule has 1 saturated carbocycles. The van der Waals surface area contributed by atoms with Crippen molar-refractivity contribution in [2.75, 3.05) is 6.54 Å². The maximum Gasteiger partial charge on any atom is 0.226 e. The van der Waals surface area contributed by atoms with Crippen LogP contribution in [0.25, 0.3) is 0 Å². The van der Waals surface area contributed by atoms with Gasteiger partial charge in [-0.15, -0.1) is 0 Å². The zero-order valence-corrected chi connectivity index (χ0v) is 13.3. The first-order valence-electron chi connectivity index (χ1n) is 7.38. The summed E-state index contributed by atoms with van der Waals surface area (Å²) in [5.41, 5.74) is 7.25. The highest BCUT2D eigenvalue weighted by molar-refractivity contribution is 9.10. The third-order valence-electron chi connectivity index (χ3n) is 4.61. The number of piperidine rings is 1. The van der Waals surface area contributed by atoms with Crippen LogP contribution in [0.1, 0.15) is 37.7 Å². The van der Waals surface area contributed by atoms with Gasteiger partial charge < -0.3 is 10.6 Å². The Balaban J connectivity index is 1.64. The Bertz CT molecular complexity index is 502. The van der Waals surface area contributed by atoms with E-state index in [1.165, 1.54) is 5.56 Å². The van der Waals surface area contributed by atoms with Gasteiger partial charge in [0, 0.05) is 29.0 Å². The molecule has 2 N–H and O–H groups in total. The lowest BCUT2D eigenvalue weighted by atomic mass is 9.98. The molecule has 0 aromatic heterocycles. The van der Waals surface area contributed by atoms with Crippen LogP contribution in [0.15, 0.2) is 28.7 Å². The largest absolute Gasteiger partial charge is 0.340 e. The Kier molecular flexibility index (Phi) is 3.87. The van der Waals surface area contributed by atoms with E-state index in [-0.39, 0.29) is 18.0 Å². The number of hydrogen-bond donors (Lipinski definition) is 1. The summed E-state index contributed by atoms with van der Waals surface area (Å²) in [6.07, 6.45) is 2.86. The second kappa shape index (κ2) is 5.49. The lowest BCUT2D eigenvalue weighted by Crippen LogP contribution is -2.49. The van der Waals surface area contributed by atoms with Crippen LogP contribution < -0.4 is 5.73 Å². The molecule has 2 aliphatic rings. The maximum atomic E-state index is 12.6. The molecule has 1 heterocycles. The Morgan fingerprint density at radius 2 is 2.00 bits per heavy atom. The SMILES string of the molecule is C[C@@H]1C[C@H](N)CCN1C(=O)[C@H]1C[C@@H]1c1ccc(Br)cc1. The molecule has 1 aliphatic carbocycles. The van der Waals surface area contributed by atoms with Crippen LogP contribution in [0.5, 0.6) is 0 Å². The van der Waals surface area contributed by atoms with Gasteiger partial charge in [-0.3, -0.25) is 4.79 Å². The van der Waals surface area contributed by atoms with E-state index in [4.69, 9.17) is 5.73 Å². The topological polar surface area (TPSA) is 46.3 Å². The number of benzene rings is 1. The van der Waals surface area contributed by atoms with Gasteiger partial charge in [-0.25, -0.2) is 0 Å². The van der Waals surface area contributed by atoms with Gasteiger partial charge in [-0.2, -0.15) is 0 Å². The molecule has 1 saturated heterocycles. The number of amides is 1. The van der Waals surface area contributed by atoms with Crippen LogP contribution in [0.4, 0.5) is 0 Å². The number of nitrogens with zero attached hydrogens (tertiary/aromatic N) is 1. The Morgan fingerprint density at radius 1 is 1.30 bits per heavy atom. The molecule has 108 valence electrons. The van der Waals surface area contributed by atoms with Gasteiger partial charge in [0.2, 0.25) is 5.91 Å². The summed E-state index contributed by atoms with van der Waals surface area (Å²) < 4.78 is 1.09. The monoisotopic (exact) mass is 336 g/mol. The number of halogens is 1. The first-order chi connectivity index (χ1) is 9.56. The number of likely N-dealkylation sites (tertiary alicyclic amines) is 1. The summed E-state index contributed by atoms with van der Waals surface area (Å²) in [6, 6.07) is 8.90. The fraction of sp³-hybridized carbons (Fsp3) is 0.562. The number of nitrogens with two attached hydrogens (primary N) is 1. The minimum Gasteiger partial charge on any atom is -0.340 e. The molecule has 20 heavy (non-hydrogen) atoms. The number of hydrogen-bond acceptors (Lipinski definition) is 2. The molecular formula is C16H21BrN2O. The molecule has 2 fully saturated rings. The van der Waals surface area contributed by atoms with Crippen LogP contribution in [0.3, 0.4) is 0 Å². The van der Waals surface area contributed by atoms with Gasteiger partial charge in [-0.05, 0) is 49.8 Å². The van der Waals surface area contributed by atoms with Crippen LogP contribution in [-0.4, -0.2) is 29.4 Å². The molecule has 3 rings (SSSR count). The highest BCUT2D eigenvalue weighted by Crippen LogP contribution is 2.49. The minimum atomic E-state index is 0.188. The third kappa shape index (κ3) is 2.77. The van der Waals surface area contributed by atoms with Gasteiger partial charge in [0.1, 0.15) is 0 Å². The van der Waals surface area contributed by atoms with Crippen molar-refractivity contribution in [3.63, 3.8) is 0 Å². The van der Waals surface area contributed by atoms with Crippen molar-refractivity contribution >= 4 is 21.8 Å². The van der Waals surface area contributed by atoms with Crippen molar-refractivity contribution in [3.05, 3.63) is 34.3 Å². The van der Waals surface area contributed by atoms with Crippen molar-refractivity contribution in [3.8, 4) is 0 Å². The molecule has 1 aromatic rings. The zero-order valence-electron chi connectivity index (χ0n) is 11.8. The fourth-order valence-electron chi connectivity index (χ4n) is 3.30. The summed E-state index contributed by atoms with van der Waals surface area (Å²) in [5, 5.41) is 0. The summed E-state index contributed by atoms with van der Waals surface area (Å²) in [5.74, 6) is 0.934. The lowest BCUT2D eigenvalue weighted by Gasteiger charge is -2.36. The Hall–Kier alpha value is -0.870. The molecule has 4 heteroatoms. The van der Waals surface area contributed by atoms with E-state index in [1.807, 2.05) is 4.90 Å². The van der Waals surface area contributed by atoms with Gasteiger partial charge in [-0.1, -0.05) is 28.1 Å². The molecule has 0 spiro atoms. The molecule has 1 aromatic carbocycles. The van der Waals surface area contributed by atoms with E-state index in [9.17, 15) is 4.79 Å². The van der Waals surface area contributed by atoms with Gasteiger partial charge in [0.15, 0.2) is 0 Å². The number of carbonyl (C=O) groups is 1. The van der Waals surface area contributed by atoms with Crippen molar-refractivity contribution in [2.45, 2.75) is 44.2 Å². The second-order valence-corrected chi connectivity index (χ2v) is 7.08. The molecule has 4 atom stereocenters. The van der Waals surface area contributed by atoms with E-state index < -0.39 is 0 Å². The molecular weight excluding hydrogens is 316 g/mol. The number of rotatable bonds is 2. The van der Waals surface area contributed by atoms with Crippen molar-refractivity contribution in [1.82, 2.24) is 4.90 Å². The molecule has 1 aliphatic heterocycles. The van der Waals surface area contributed by atoms with Crippen LogP contribution >= 0.6 is 15.9 Å². The highest BCUT2D eigenvalue weighted by Gasteiger charge is 2.46. The van der Waals surface area contributed by atoms with E-state index in [1.54, 1.807) is 0 Å². The summed E-state index contributed by atoms with van der Waals surface area (Å²) in [4.78, 5) is 14.7. The highest BCUT2D eigenvalue weighted by atomic mass is 79.9. The predicted molar refractivity (Wildman–Crippen MR) is 83.4 cm³/mol. The summed E-state index contributed by atoms with van der Waals surface area (Å²) in [6.45, 7) is 2.94. The Morgan fingerprint density at radius 3 is 2.65 bits per heavy atom. The van der Waals surface area contributed by atoms with Gasteiger partial charge in [0.05, 0.1) is 0 Å². The van der Waals surface area contributed by atoms with Crippen molar-refractivity contribution in [1.29, 1.82) is 0 Å². The normalized spacial score (nSPS) is 33.0. The molecule has 0 unspecified atom stereocenters. The average Bonchev–Trinajstić information content (AvgIpc) is 3.19. The predicted octanol–water partition coefficient (Wildman–Crippen LogP) is 2.89. The third-order valence-corrected chi connectivity index (χ3v) is 5.13. The van der Waals surface area contributed by atoms with Gasteiger partial charge in [0.25, 0.3) is 0 Å². The van der Waals surface area contributed by atoms with Crippen LogP contribution in [0.2, 0.25) is 0 Å². The average molecular weight is 337 g/mol. The number of carbonyl (C=O) groups excluding carboxylic acids is 1. The fourth-order valence-corrected chi connectivity index (χ4v) is 3.56. The zero-order chi connectivity index (χ0) is 14.3. The van der Waals surface area contributed by atoms with Crippen LogP contribution in [0, 0.1) is 5.92 Å². The standard InChI is InChI=1S/C16H21BrN2O/c1-10-8-13(18)6-7-19(10)16(20)15-9-14(15)11-2-4-12(17)5-3-11/h2-5,10,13-15H,6-9,18H2,1H3/t10-,13-,14-,15+/m1/s1. The summed E-state index contributed by atoms with van der Waals surface area (Å²) >= 11 is 3.45. The van der Waals surface area contributed by atoms with E-state index in [0.717, 1.165) is 30.3 Å². The lowest BCUT2D eigenvalue weighted by molar-refractivity contribution is -0.136. The second-order valence-electron chi connectivity index (χ2n) is 6.17. The quantitative estimate of drug-likeness (QED) is 0.902. The van der Waals surface area contributed by atoms with E-state index in [2.05, 4.69) is 47.1 Å². The first-order valence-corrected chi connectivity index (χ1v) is 8.17. The van der Waals surface area contributed by atoms with Crippen molar-refractivity contribution < 1.29 is 4.79 Å². The van der Waals surface area contributed by atoms with Gasteiger partial charge >= 0.3 is 0 Å². The van der Waals surface area contributed by atoms with Crippen LogP contribution in [-0.2, 0) is 4.79 Å². The Labute approximate surface area is 128 Å². The minimum absolute atomic E-state index is 0.188. The molecule has 1 amide bonds. The van der Waals surface area contributed by atoms with Crippen molar-refractivity contribution in [2.24, 2.45) is 11.7 Å². The molecule has 0 radical (unpaired) electrons. The maximum absolute atomic E-state index is 12.6. The first kappa shape index (κ1) is 14.1.